The van der Waals surface area contributed by atoms with E-state index in [1.54, 1.807) is 36.5 Å². The zero-order valence-corrected chi connectivity index (χ0v) is 20.6. The SMILES string of the molecule is Cc1cc(C)n(-c2nc3cc(C)c(NC(=O)[C@@H](C)Oc4ccc(Cl)cc4Cl)c(C)c3s2)n1. The molecule has 166 valence electrons. The van der Waals surface area contributed by atoms with Gasteiger partial charge in [0.25, 0.3) is 5.91 Å². The molecule has 0 aliphatic rings. The van der Waals surface area contributed by atoms with Gasteiger partial charge in [-0.25, -0.2) is 9.67 Å². The average Bonchev–Trinajstić information content (AvgIpc) is 3.29. The van der Waals surface area contributed by atoms with Crippen LogP contribution in [0.2, 0.25) is 10.0 Å². The molecule has 0 saturated heterocycles. The second kappa shape index (κ2) is 8.73. The Balaban J connectivity index is 1.61. The number of nitrogens with zero attached hydrogens (tertiary/aromatic N) is 3. The Morgan fingerprint density at radius 2 is 1.91 bits per heavy atom. The number of aromatic nitrogens is 3. The first-order valence-corrected chi connectivity index (χ1v) is 11.6. The van der Waals surface area contributed by atoms with Crippen LogP contribution < -0.4 is 10.1 Å². The molecule has 4 rings (SSSR count). The van der Waals surface area contributed by atoms with Crippen molar-refractivity contribution in [3.8, 4) is 10.9 Å². The van der Waals surface area contributed by atoms with Crippen molar-refractivity contribution in [2.24, 2.45) is 0 Å². The molecule has 0 aliphatic heterocycles. The average molecular weight is 489 g/mol. The van der Waals surface area contributed by atoms with E-state index in [1.165, 1.54) is 0 Å². The van der Waals surface area contributed by atoms with Gasteiger partial charge in [-0.15, -0.1) is 0 Å². The van der Waals surface area contributed by atoms with Gasteiger partial charge < -0.3 is 10.1 Å². The number of hydrogen-bond donors (Lipinski definition) is 1. The summed E-state index contributed by atoms with van der Waals surface area (Å²) >= 11 is 13.6. The monoisotopic (exact) mass is 488 g/mol. The van der Waals surface area contributed by atoms with Crippen LogP contribution in [0.4, 0.5) is 5.69 Å². The van der Waals surface area contributed by atoms with Gasteiger partial charge in [0.15, 0.2) is 6.10 Å². The summed E-state index contributed by atoms with van der Waals surface area (Å²) in [6.07, 6.45) is -0.755. The molecule has 2 heterocycles. The number of rotatable bonds is 5. The van der Waals surface area contributed by atoms with Crippen molar-refractivity contribution in [2.45, 2.75) is 40.7 Å². The van der Waals surface area contributed by atoms with E-state index >= 15 is 0 Å². The number of anilines is 1. The lowest BCUT2D eigenvalue weighted by Gasteiger charge is -2.18. The van der Waals surface area contributed by atoms with Crippen LogP contribution in [-0.2, 0) is 4.79 Å². The molecule has 0 saturated carbocycles. The maximum atomic E-state index is 12.9. The maximum Gasteiger partial charge on any atom is 0.265 e. The summed E-state index contributed by atoms with van der Waals surface area (Å²) in [6, 6.07) is 8.89. The van der Waals surface area contributed by atoms with E-state index in [9.17, 15) is 4.79 Å². The fraction of sp³-hybridized carbons (Fsp3) is 0.261. The lowest BCUT2D eigenvalue weighted by atomic mass is 10.1. The highest BCUT2D eigenvalue weighted by Gasteiger charge is 2.20. The van der Waals surface area contributed by atoms with Gasteiger partial charge in [-0.05, 0) is 76.1 Å². The maximum absolute atomic E-state index is 12.9. The Morgan fingerprint density at radius 1 is 1.16 bits per heavy atom. The van der Waals surface area contributed by atoms with Gasteiger partial charge in [-0.1, -0.05) is 34.5 Å². The number of thiazole rings is 1. The molecule has 2 aromatic heterocycles. The largest absolute Gasteiger partial charge is 0.479 e. The summed E-state index contributed by atoms with van der Waals surface area (Å²) in [6.45, 7) is 9.57. The van der Waals surface area contributed by atoms with Gasteiger partial charge in [-0.3, -0.25) is 4.79 Å². The van der Waals surface area contributed by atoms with Gasteiger partial charge in [0.05, 0.1) is 20.9 Å². The number of carbonyl (C=O) groups excluding carboxylic acids is 1. The molecule has 4 aromatic rings. The molecular formula is C23H22Cl2N4O2S. The predicted octanol–water partition coefficient (Wildman–Crippen LogP) is 6.43. The van der Waals surface area contributed by atoms with Crippen LogP contribution in [0.15, 0.2) is 30.3 Å². The summed E-state index contributed by atoms with van der Waals surface area (Å²) < 4.78 is 8.60. The number of hydrogen-bond acceptors (Lipinski definition) is 5. The van der Waals surface area contributed by atoms with Crippen LogP contribution >= 0.6 is 34.5 Å². The zero-order valence-electron chi connectivity index (χ0n) is 18.3. The van der Waals surface area contributed by atoms with Crippen molar-refractivity contribution >= 4 is 56.3 Å². The number of benzene rings is 2. The number of ether oxygens (including phenoxy) is 1. The van der Waals surface area contributed by atoms with E-state index in [1.807, 2.05) is 44.5 Å². The molecule has 1 N–H and O–H groups in total. The quantitative estimate of drug-likeness (QED) is 0.351. The van der Waals surface area contributed by atoms with Crippen LogP contribution in [0, 0.1) is 27.7 Å². The van der Waals surface area contributed by atoms with Crippen molar-refractivity contribution in [1.82, 2.24) is 14.8 Å². The highest BCUT2D eigenvalue weighted by Crippen LogP contribution is 2.35. The number of nitrogens with one attached hydrogen (secondary N) is 1. The van der Waals surface area contributed by atoms with Crippen molar-refractivity contribution < 1.29 is 9.53 Å². The smallest absolute Gasteiger partial charge is 0.265 e. The standard InChI is InChI=1S/C23H22Cl2N4O2S/c1-11-8-18-21(32-23(26-18)29-13(3)9-12(2)28-29)14(4)20(11)27-22(30)15(5)31-19-7-6-16(24)10-17(19)25/h6-10,15H,1-5H3,(H,27,30)/t15-/m1/s1. The predicted molar refractivity (Wildman–Crippen MR) is 131 cm³/mol. The Kier molecular flexibility index (Phi) is 6.16. The van der Waals surface area contributed by atoms with Crippen molar-refractivity contribution in [1.29, 1.82) is 0 Å². The number of amides is 1. The van der Waals surface area contributed by atoms with Crippen molar-refractivity contribution in [2.75, 3.05) is 5.32 Å². The molecule has 0 fully saturated rings. The van der Waals surface area contributed by atoms with Crippen LogP contribution in [0.5, 0.6) is 5.75 Å². The van der Waals surface area contributed by atoms with E-state index in [-0.39, 0.29) is 5.91 Å². The topological polar surface area (TPSA) is 69.0 Å². The third-order valence-corrected chi connectivity index (χ3v) is 6.81. The molecule has 9 heteroatoms. The molecule has 6 nitrogen and oxygen atoms in total. The lowest BCUT2D eigenvalue weighted by Crippen LogP contribution is -2.30. The van der Waals surface area contributed by atoms with Gasteiger partial charge >= 0.3 is 0 Å². The van der Waals surface area contributed by atoms with Crippen LogP contribution in [0.25, 0.3) is 15.3 Å². The normalized spacial score (nSPS) is 12.2. The minimum atomic E-state index is -0.755. The summed E-state index contributed by atoms with van der Waals surface area (Å²) in [5, 5.41) is 9.20. The minimum Gasteiger partial charge on any atom is -0.479 e. The molecular weight excluding hydrogens is 467 g/mol. The first kappa shape index (κ1) is 22.6. The lowest BCUT2D eigenvalue weighted by molar-refractivity contribution is -0.122. The molecule has 0 aliphatic carbocycles. The van der Waals surface area contributed by atoms with Gasteiger partial charge in [0.1, 0.15) is 5.75 Å². The molecule has 2 aromatic carbocycles. The summed E-state index contributed by atoms with van der Waals surface area (Å²) in [7, 11) is 0. The summed E-state index contributed by atoms with van der Waals surface area (Å²) in [5.74, 6) is 0.129. The number of halogens is 2. The molecule has 1 atom stereocenters. The number of carbonyl (C=O) groups is 1. The van der Waals surface area contributed by atoms with Gasteiger partial charge in [0, 0.05) is 16.4 Å². The van der Waals surface area contributed by atoms with E-state index in [0.717, 1.165) is 43.6 Å². The second-order valence-corrected chi connectivity index (χ2v) is 9.52. The Morgan fingerprint density at radius 3 is 2.56 bits per heavy atom. The Bertz CT molecular complexity index is 1350. The number of fused-ring (bicyclic) bond motifs is 1. The molecule has 1 amide bonds. The molecule has 0 bridgehead atoms. The minimum absolute atomic E-state index is 0.273. The molecule has 0 unspecified atom stereocenters. The third-order valence-electron chi connectivity index (χ3n) is 5.11. The first-order valence-electron chi connectivity index (χ1n) is 10.0. The second-order valence-electron chi connectivity index (χ2n) is 7.70. The zero-order chi connectivity index (χ0) is 23.2. The van der Waals surface area contributed by atoms with E-state index < -0.39 is 6.10 Å². The molecule has 32 heavy (non-hydrogen) atoms. The summed E-state index contributed by atoms with van der Waals surface area (Å²) in [5.41, 5.74) is 5.47. The Hall–Kier alpha value is -2.61. The molecule has 0 radical (unpaired) electrons. The van der Waals surface area contributed by atoms with E-state index in [4.69, 9.17) is 32.9 Å². The van der Waals surface area contributed by atoms with E-state index in [2.05, 4.69) is 10.4 Å². The van der Waals surface area contributed by atoms with Gasteiger partial charge in [-0.2, -0.15) is 5.10 Å². The van der Waals surface area contributed by atoms with Gasteiger partial charge in [0.2, 0.25) is 5.13 Å². The number of aryl methyl sites for hydroxylation is 4. The highest BCUT2D eigenvalue weighted by atomic mass is 35.5. The van der Waals surface area contributed by atoms with Crippen LogP contribution in [0.3, 0.4) is 0 Å². The van der Waals surface area contributed by atoms with Crippen molar-refractivity contribution in [3.05, 3.63) is 62.9 Å². The first-order chi connectivity index (χ1) is 15.1. The fourth-order valence-corrected chi connectivity index (χ4v) is 5.03. The van der Waals surface area contributed by atoms with Crippen LogP contribution in [0.1, 0.15) is 29.4 Å². The van der Waals surface area contributed by atoms with Crippen LogP contribution in [-0.4, -0.2) is 26.8 Å². The molecule has 0 spiro atoms. The highest BCUT2D eigenvalue weighted by molar-refractivity contribution is 7.21. The fourth-order valence-electron chi connectivity index (χ4n) is 3.52. The van der Waals surface area contributed by atoms with Crippen molar-refractivity contribution in [3.63, 3.8) is 0 Å². The summed E-state index contributed by atoms with van der Waals surface area (Å²) in [4.78, 5) is 17.6. The third kappa shape index (κ3) is 4.33. The van der Waals surface area contributed by atoms with E-state index in [0.29, 0.717) is 15.8 Å². The Labute approximate surface area is 200 Å².